The van der Waals surface area contributed by atoms with E-state index >= 15 is 0 Å². The Balaban J connectivity index is 1.41. The lowest BCUT2D eigenvalue weighted by Gasteiger charge is -2.09. The lowest BCUT2D eigenvalue weighted by Crippen LogP contribution is -1.93. The molecule has 0 atom stereocenters. The van der Waals surface area contributed by atoms with E-state index in [4.69, 9.17) is 4.42 Å². The Bertz CT molecular complexity index is 2220. The maximum atomic E-state index is 9.63. The molecule has 0 aliphatic rings. The number of aromatic nitrogens is 2. The van der Waals surface area contributed by atoms with Crippen molar-refractivity contribution in [1.82, 2.24) is 8.94 Å². The Morgan fingerprint density at radius 1 is 0.703 bits per heavy atom. The van der Waals surface area contributed by atoms with Gasteiger partial charge >= 0.3 is 0 Å². The van der Waals surface area contributed by atoms with Gasteiger partial charge in [0.15, 0.2) is 0 Å². The van der Waals surface area contributed by atoms with Crippen LogP contribution < -0.4 is 0 Å². The summed E-state index contributed by atoms with van der Waals surface area (Å²) in [5, 5.41) is 15.1. The molecule has 0 unspecified atom stereocenters. The molecule has 37 heavy (non-hydrogen) atoms. The van der Waals surface area contributed by atoms with Gasteiger partial charge in [-0.2, -0.15) is 9.64 Å². The first-order valence-electron chi connectivity index (χ1n) is 12.0. The minimum Gasteiger partial charge on any atom is -0.456 e. The third-order valence-electron chi connectivity index (χ3n) is 7.20. The van der Waals surface area contributed by atoms with Gasteiger partial charge in [-0.1, -0.05) is 30.3 Å². The van der Waals surface area contributed by atoms with Crippen LogP contribution in [0.4, 0.5) is 0 Å². The molecule has 0 bridgehead atoms. The summed E-state index contributed by atoms with van der Waals surface area (Å²) in [5.74, 6) is 0. The van der Waals surface area contributed by atoms with Crippen LogP contribution in [-0.4, -0.2) is 8.94 Å². The van der Waals surface area contributed by atoms with Crippen LogP contribution in [-0.2, 0) is 0 Å². The molecule has 3 heterocycles. The SMILES string of the molecule is N#Cc1ccc2c(c1)c1cc(-c3ccc4sncc4c3)ccc1n2-c1ccc2oc3ccccc3c2c1. The normalized spacial score (nSPS) is 11.8. The molecule has 0 saturated carbocycles. The molecular formula is C32H17N3OS. The van der Waals surface area contributed by atoms with Gasteiger partial charge in [0.2, 0.25) is 0 Å². The van der Waals surface area contributed by atoms with Gasteiger partial charge < -0.3 is 8.98 Å². The van der Waals surface area contributed by atoms with Gasteiger partial charge in [-0.3, -0.25) is 0 Å². The number of para-hydroxylation sites is 1. The van der Waals surface area contributed by atoms with Crippen molar-refractivity contribution in [3.8, 4) is 22.9 Å². The topological polar surface area (TPSA) is 54.8 Å². The number of fused-ring (bicyclic) bond motifs is 7. The number of hydrogen-bond acceptors (Lipinski definition) is 4. The van der Waals surface area contributed by atoms with Crippen LogP contribution in [0.5, 0.6) is 0 Å². The molecule has 3 aromatic heterocycles. The molecule has 0 spiro atoms. The first kappa shape index (κ1) is 20.3. The molecule has 0 N–H and O–H groups in total. The average molecular weight is 492 g/mol. The molecule has 4 nitrogen and oxygen atoms in total. The minimum atomic E-state index is 0.652. The van der Waals surface area contributed by atoms with Crippen molar-refractivity contribution >= 4 is 65.4 Å². The van der Waals surface area contributed by atoms with Crippen LogP contribution in [0.2, 0.25) is 0 Å². The molecule has 0 radical (unpaired) electrons. The van der Waals surface area contributed by atoms with Crippen molar-refractivity contribution in [2.75, 3.05) is 0 Å². The molecule has 8 aromatic rings. The van der Waals surface area contributed by atoms with E-state index in [1.165, 1.54) is 16.2 Å². The molecule has 5 heteroatoms. The van der Waals surface area contributed by atoms with E-state index < -0.39 is 0 Å². The quantitative estimate of drug-likeness (QED) is 0.243. The largest absolute Gasteiger partial charge is 0.456 e. The van der Waals surface area contributed by atoms with Crippen LogP contribution >= 0.6 is 11.5 Å². The van der Waals surface area contributed by atoms with Crippen LogP contribution in [0.15, 0.2) is 108 Å². The Kier molecular flexibility index (Phi) is 4.13. The highest BCUT2D eigenvalue weighted by atomic mass is 32.1. The number of benzene rings is 5. The first-order chi connectivity index (χ1) is 18.3. The highest BCUT2D eigenvalue weighted by Gasteiger charge is 2.16. The van der Waals surface area contributed by atoms with E-state index in [1.807, 2.05) is 48.7 Å². The Morgan fingerprint density at radius 3 is 2.41 bits per heavy atom. The fraction of sp³-hybridized carbons (Fsp3) is 0. The molecular weight excluding hydrogens is 474 g/mol. The standard InChI is InChI=1S/C32H17N3OS/c33-17-19-5-9-28-25(13-19)26-15-21(20-7-12-32-22(14-20)18-34-37-32)6-10-29(26)35(28)23-8-11-31-27(16-23)24-3-1-2-4-30(24)36-31/h1-16,18H. The number of nitriles is 1. The summed E-state index contributed by atoms with van der Waals surface area (Å²) >= 11 is 1.51. The summed E-state index contributed by atoms with van der Waals surface area (Å²) in [7, 11) is 0. The zero-order valence-corrected chi connectivity index (χ0v) is 20.3. The Hall–Kier alpha value is -4.92. The second-order valence-electron chi connectivity index (χ2n) is 9.27. The molecule has 0 saturated heterocycles. The number of furan rings is 1. The maximum absolute atomic E-state index is 9.63. The van der Waals surface area contributed by atoms with Crippen LogP contribution in [0.25, 0.3) is 70.6 Å². The summed E-state index contributed by atoms with van der Waals surface area (Å²) in [6.07, 6.45) is 1.92. The fourth-order valence-corrected chi connectivity index (χ4v) is 6.08. The smallest absolute Gasteiger partial charge is 0.135 e. The molecule has 0 aliphatic carbocycles. The summed E-state index contributed by atoms with van der Waals surface area (Å²) in [6, 6.07) is 35.8. The van der Waals surface area contributed by atoms with Crippen molar-refractivity contribution in [2.24, 2.45) is 0 Å². The van der Waals surface area contributed by atoms with E-state index in [-0.39, 0.29) is 0 Å². The van der Waals surface area contributed by atoms with Gasteiger partial charge in [-0.15, -0.1) is 0 Å². The second kappa shape index (κ2) is 7.54. The van der Waals surface area contributed by atoms with E-state index in [2.05, 4.69) is 69.6 Å². The highest BCUT2D eigenvalue weighted by Crippen LogP contribution is 2.38. The van der Waals surface area contributed by atoms with Crippen molar-refractivity contribution < 1.29 is 4.42 Å². The Labute approximate surface area is 215 Å². The van der Waals surface area contributed by atoms with Gasteiger partial charge in [0.1, 0.15) is 11.2 Å². The third-order valence-corrected chi connectivity index (χ3v) is 7.98. The number of hydrogen-bond donors (Lipinski definition) is 0. The fourth-order valence-electron chi connectivity index (χ4n) is 5.46. The summed E-state index contributed by atoms with van der Waals surface area (Å²) in [6.45, 7) is 0. The zero-order chi connectivity index (χ0) is 24.5. The van der Waals surface area contributed by atoms with E-state index in [1.54, 1.807) is 0 Å². The molecule has 0 amide bonds. The minimum absolute atomic E-state index is 0.652. The van der Waals surface area contributed by atoms with Crippen LogP contribution in [0, 0.1) is 11.3 Å². The molecule has 8 rings (SSSR count). The maximum Gasteiger partial charge on any atom is 0.135 e. The lowest BCUT2D eigenvalue weighted by atomic mass is 10.0. The van der Waals surface area contributed by atoms with Crippen molar-refractivity contribution in [2.45, 2.75) is 0 Å². The predicted molar refractivity (Wildman–Crippen MR) is 151 cm³/mol. The molecule has 0 fully saturated rings. The first-order valence-corrected chi connectivity index (χ1v) is 12.8. The van der Waals surface area contributed by atoms with Gasteiger partial charge in [-0.25, -0.2) is 0 Å². The van der Waals surface area contributed by atoms with Gasteiger partial charge in [0, 0.05) is 38.8 Å². The summed E-state index contributed by atoms with van der Waals surface area (Å²) in [5.41, 5.74) is 7.92. The zero-order valence-electron chi connectivity index (χ0n) is 19.5. The summed E-state index contributed by atoms with van der Waals surface area (Å²) < 4.78 is 13.9. The molecule has 0 aliphatic heterocycles. The predicted octanol–water partition coefficient (Wildman–Crippen LogP) is 8.83. The van der Waals surface area contributed by atoms with E-state index in [0.717, 1.165) is 65.9 Å². The number of nitrogens with zero attached hydrogens (tertiary/aromatic N) is 3. The second-order valence-corrected chi connectivity index (χ2v) is 10.1. The van der Waals surface area contributed by atoms with Crippen LogP contribution in [0.3, 0.4) is 0 Å². The highest BCUT2D eigenvalue weighted by molar-refractivity contribution is 7.13. The van der Waals surface area contributed by atoms with Crippen molar-refractivity contribution in [3.63, 3.8) is 0 Å². The molecule has 5 aromatic carbocycles. The Morgan fingerprint density at radius 2 is 1.49 bits per heavy atom. The molecule has 172 valence electrons. The van der Waals surface area contributed by atoms with Crippen LogP contribution in [0.1, 0.15) is 5.56 Å². The average Bonchev–Trinajstić information content (AvgIpc) is 3.65. The van der Waals surface area contributed by atoms with Crippen molar-refractivity contribution in [3.05, 3.63) is 109 Å². The monoisotopic (exact) mass is 491 g/mol. The van der Waals surface area contributed by atoms with Gasteiger partial charge in [0.25, 0.3) is 0 Å². The number of rotatable bonds is 2. The summed E-state index contributed by atoms with van der Waals surface area (Å²) in [4.78, 5) is 0. The van der Waals surface area contributed by atoms with Gasteiger partial charge in [0.05, 0.1) is 27.4 Å². The lowest BCUT2D eigenvalue weighted by molar-refractivity contribution is 0.669. The van der Waals surface area contributed by atoms with E-state index in [0.29, 0.717) is 5.56 Å². The van der Waals surface area contributed by atoms with E-state index in [9.17, 15) is 5.26 Å². The van der Waals surface area contributed by atoms with Crippen molar-refractivity contribution in [1.29, 1.82) is 5.26 Å². The third kappa shape index (κ3) is 2.97. The van der Waals surface area contributed by atoms with Gasteiger partial charge in [-0.05, 0) is 89.4 Å².